The predicted molar refractivity (Wildman–Crippen MR) is 64.4 cm³/mol. The molecule has 1 aromatic carbocycles. The standard InChI is InChI=1S/C9H11BrF2N2O2S/c1-14(5-9(11)12)17(15,16)8-3-2-6(10)4-7(8)13/h2-4,9H,5,13H2,1H3. The highest BCUT2D eigenvalue weighted by Crippen LogP contribution is 2.25. The fourth-order valence-electron chi connectivity index (χ4n) is 1.21. The van der Waals surface area contributed by atoms with E-state index in [0.717, 1.165) is 7.05 Å². The van der Waals surface area contributed by atoms with Crippen molar-refractivity contribution in [2.24, 2.45) is 0 Å². The monoisotopic (exact) mass is 328 g/mol. The first-order chi connectivity index (χ1) is 7.75. The van der Waals surface area contributed by atoms with Gasteiger partial charge >= 0.3 is 0 Å². The molecule has 0 bridgehead atoms. The number of sulfonamides is 1. The average molecular weight is 329 g/mol. The number of anilines is 1. The summed E-state index contributed by atoms with van der Waals surface area (Å²) in [4.78, 5) is -0.177. The summed E-state index contributed by atoms with van der Waals surface area (Å²) in [5.41, 5.74) is 5.57. The van der Waals surface area contributed by atoms with Gasteiger partial charge in [-0.05, 0) is 18.2 Å². The van der Waals surface area contributed by atoms with Gasteiger partial charge in [0.05, 0.1) is 12.2 Å². The molecule has 0 spiro atoms. The van der Waals surface area contributed by atoms with E-state index in [4.69, 9.17) is 5.73 Å². The molecule has 96 valence electrons. The SMILES string of the molecule is CN(CC(F)F)S(=O)(=O)c1ccc(Br)cc1N. The Morgan fingerprint density at radius 1 is 1.47 bits per heavy atom. The molecular formula is C9H11BrF2N2O2S. The van der Waals surface area contributed by atoms with Crippen LogP contribution >= 0.6 is 15.9 Å². The van der Waals surface area contributed by atoms with E-state index in [0.29, 0.717) is 8.78 Å². The fourth-order valence-corrected chi connectivity index (χ4v) is 2.83. The lowest BCUT2D eigenvalue weighted by atomic mass is 10.3. The summed E-state index contributed by atoms with van der Waals surface area (Å²) in [6.07, 6.45) is -2.73. The maximum atomic E-state index is 12.2. The molecule has 0 aromatic heterocycles. The average Bonchev–Trinajstić information content (AvgIpc) is 2.15. The maximum Gasteiger partial charge on any atom is 0.252 e. The topological polar surface area (TPSA) is 63.4 Å². The minimum Gasteiger partial charge on any atom is -0.398 e. The van der Waals surface area contributed by atoms with E-state index in [-0.39, 0.29) is 10.6 Å². The number of benzene rings is 1. The van der Waals surface area contributed by atoms with Crippen LogP contribution in [0.4, 0.5) is 14.5 Å². The summed E-state index contributed by atoms with van der Waals surface area (Å²) >= 11 is 3.13. The van der Waals surface area contributed by atoms with Crippen LogP contribution in [0.25, 0.3) is 0 Å². The molecule has 0 radical (unpaired) electrons. The highest BCUT2D eigenvalue weighted by Gasteiger charge is 2.25. The largest absolute Gasteiger partial charge is 0.398 e. The number of nitrogen functional groups attached to an aromatic ring is 1. The van der Waals surface area contributed by atoms with Gasteiger partial charge in [0, 0.05) is 11.5 Å². The third kappa shape index (κ3) is 3.36. The van der Waals surface area contributed by atoms with Crippen molar-refractivity contribution in [1.82, 2.24) is 4.31 Å². The van der Waals surface area contributed by atoms with Crippen molar-refractivity contribution in [1.29, 1.82) is 0 Å². The molecule has 0 unspecified atom stereocenters. The third-order valence-corrected chi connectivity index (χ3v) is 4.45. The van der Waals surface area contributed by atoms with Crippen LogP contribution < -0.4 is 5.73 Å². The molecule has 2 N–H and O–H groups in total. The first-order valence-electron chi connectivity index (χ1n) is 4.54. The Bertz CT molecular complexity index is 508. The van der Waals surface area contributed by atoms with Crippen molar-refractivity contribution < 1.29 is 17.2 Å². The Hall–Kier alpha value is -0.730. The molecule has 1 aromatic rings. The first-order valence-corrected chi connectivity index (χ1v) is 6.78. The number of rotatable bonds is 4. The summed E-state index contributed by atoms with van der Waals surface area (Å²) in [6.45, 7) is -0.863. The number of nitrogens with two attached hydrogens (primary N) is 1. The number of hydrogen-bond donors (Lipinski definition) is 1. The normalized spacial score (nSPS) is 12.4. The molecule has 0 saturated heterocycles. The fraction of sp³-hybridized carbons (Fsp3) is 0.333. The smallest absolute Gasteiger partial charge is 0.252 e. The zero-order chi connectivity index (χ0) is 13.2. The Balaban J connectivity index is 3.13. The van der Waals surface area contributed by atoms with Gasteiger partial charge in [0.2, 0.25) is 10.0 Å². The van der Waals surface area contributed by atoms with Gasteiger partial charge in [-0.15, -0.1) is 0 Å². The summed E-state index contributed by atoms with van der Waals surface area (Å²) in [6, 6.07) is 4.17. The van der Waals surface area contributed by atoms with Crippen molar-refractivity contribution in [3.05, 3.63) is 22.7 Å². The summed E-state index contributed by atoms with van der Waals surface area (Å²) in [5, 5.41) is 0. The minimum atomic E-state index is -3.97. The van der Waals surface area contributed by atoms with Crippen LogP contribution in [-0.2, 0) is 10.0 Å². The van der Waals surface area contributed by atoms with E-state index >= 15 is 0 Å². The Kier molecular flexibility index (Phi) is 4.45. The predicted octanol–water partition coefficient (Wildman–Crippen LogP) is 1.92. The number of nitrogens with zero attached hydrogens (tertiary/aromatic N) is 1. The van der Waals surface area contributed by atoms with E-state index in [1.807, 2.05) is 0 Å². The molecular weight excluding hydrogens is 318 g/mol. The van der Waals surface area contributed by atoms with Gasteiger partial charge in [-0.25, -0.2) is 17.2 Å². The van der Waals surface area contributed by atoms with Crippen LogP contribution in [-0.4, -0.2) is 32.7 Å². The second-order valence-corrected chi connectivity index (χ2v) is 6.29. The van der Waals surface area contributed by atoms with Gasteiger partial charge in [-0.1, -0.05) is 15.9 Å². The van der Waals surface area contributed by atoms with Crippen LogP contribution in [0.15, 0.2) is 27.6 Å². The van der Waals surface area contributed by atoms with Gasteiger partial charge in [-0.2, -0.15) is 4.31 Å². The number of alkyl halides is 2. The zero-order valence-electron chi connectivity index (χ0n) is 8.90. The number of halogens is 3. The molecule has 0 aliphatic heterocycles. The van der Waals surface area contributed by atoms with Crippen molar-refractivity contribution in [2.45, 2.75) is 11.3 Å². The molecule has 17 heavy (non-hydrogen) atoms. The highest BCUT2D eigenvalue weighted by molar-refractivity contribution is 9.10. The van der Waals surface area contributed by atoms with E-state index in [1.54, 1.807) is 0 Å². The lowest BCUT2D eigenvalue weighted by Gasteiger charge is -2.17. The van der Waals surface area contributed by atoms with E-state index in [9.17, 15) is 17.2 Å². The van der Waals surface area contributed by atoms with Crippen molar-refractivity contribution >= 4 is 31.6 Å². The summed E-state index contributed by atoms with van der Waals surface area (Å²) in [5.74, 6) is 0. The van der Waals surface area contributed by atoms with Gasteiger partial charge in [0.15, 0.2) is 0 Å². The van der Waals surface area contributed by atoms with Crippen molar-refractivity contribution in [3.8, 4) is 0 Å². The van der Waals surface area contributed by atoms with Crippen molar-refractivity contribution in [3.63, 3.8) is 0 Å². The molecule has 0 heterocycles. The molecule has 0 amide bonds. The van der Waals surface area contributed by atoms with Gasteiger partial charge in [0.1, 0.15) is 4.90 Å². The second-order valence-electron chi connectivity index (χ2n) is 3.36. The van der Waals surface area contributed by atoms with Crippen LogP contribution in [0.3, 0.4) is 0 Å². The lowest BCUT2D eigenvalue weighted by molar-refractivity contribution is 0.126. The Morgan fingerprint density at radius 2 is 2.06 bits per heavy atom. The molecule has 0 fully saturated rings. The van der Waals surface area contributed by atoms with Crippen LogP contribution in [0, 0.1) is 0 Å². The molecule has 1 rings (SSSR count). The Labute approximate surface area is 107 Å². The molecule has 0 aliphatic carbocycles. The van der Waals surface area contributed by atoms with E-state index in [1.165, 1.54) is 18.2 Å². The van der Waals surface area contributed by atoms with Crippen LogP contribution in [0.1, 0.15) is 0 Å². The molecule has 0 saturated carbocycles. The second kappa shape index (κ2) is 5.28. The lowest BCUT2D eigenvalue weighted by Crippen LogP contribution is -2.31. The number of hydrogen-bond acceptors (Lipinski definition) is 3. The third-order valence-electron chi connectivity index (χ3n) is 2.06. The Morgan fingerprint density at radius 3 is 2.53 bits per heavy atom. The molecule has 4 nitrogen and oxygen atoms in total. The van der Waals surface area contributed by atoms with Crippen LogP contribution in [0.2, 0.25) is 0 Å². The summed E-state index contributed by atoms with van der Waals surface area (Å²) in [7, 11) is -2.89. The van der Waals surface area contributed by atoms with Crippen molar-refractivity contribution in [2.75, 3.05) is 19.3 Å². The molecule has 8 heteroatoms. The zero-order valence-corrected chi connectivity index (χ0v) is 11.3. The molecule has 0 atom stereocenters. The van der Waals surface area contributed by atoms with Gasteiger partial charge < -0.3 is 5.73 Å². The van der Waals surface area contributed by atoms with E-state index in [2.05, 4.69) is 15.9 Å². The minimum absolute atomic E-state index is 0.0143. The van der Waals surface area contributed by atoms with E-state index < -0.39 is 23.0 Å². The quantitative estimate of drug-likeness (QED) is 0.859. The highest BCUT2D eigenvalue weighted by atomic mass is 79.9. The first kappa shape index (κ1) is 14.3. The van der Waals surface area contributed by atoms with Gasteiger partial charge in [0.25, 0.3) is 6.43 Å². The van der Waals surface area contributed by atoms with Gasteiger partial charge in [-0.3, -0.25) is 0 Å². The molecule has 0 aliphatic rings. The maximum absolute atomic E-state index is 12.2. The van der Waals surface area contributed by atoms with Crippen LogP contribution in [0.5, 0.6) is 0 Å². The summed E-state index contributed by atoms with van der Waals surface area (Å²) < 4.78 is 49.3.